The molecule has 0 aromatic carbocycles. The Kier molecular flexibility index (Phi) is 4.30. The van der Waals surface area contributed by atoms with Crippen molar-refractivity contribution >= 4 is 17.9 Å². The van der Waals surface area contributed by atoms with Crippen LogP contribution in [0.25, 0.3) is 0 Å². The first-order chi connectivity index (χ1) is 10.2. The van der Waals surface area contributed by atoms with E-state index in [-0.39, 0.29) is 23.5 Å². The van der Waals surface area contributed by atoms with Crippen LogP contribution in [0.15, 0.2) is 6.20 Å². The van der Waals surface area contributed by atoms with E-state index >= 15 is 0 Å². The molecule has 1 aromatic rings. The molecule has 22 heavy (non-hydrogen) atoms. The zero-order valence-electron chi connectivity index (χ0n) is 13.1. The monoisotopic (exact) mass is 310 g/mol. The van der Waals surface area contributed by atoms with Gasteiger partial charge in [-0.15, -0.1) is 0 Å². The number of carboxylic acid groups (broad SMARTS) is 1. The van der Waals surface area contributed by atoms with E-state index < -0.39 is 11.6 Å². The van der Waals surface area contributed by atoms with Crippen LogP contribution in [0.3, 0.4) is 0 Å². The number of carbonyl (C=O) groups is 2. The van der Waals surface area contributed by atoms with Crippen molar-refractivity contribution in [3.63, 3.8) is 0 Å². The minimum Gasteiger partial charge on any atom is -0.477 e. The number of ether oxygens (including phenoxy) is 1. The Hall–Kier alpha value is -2.25. The van der Waals surface area contributed by atoms with Gasteiger partial charge in [-0.2, -0.15) is 5.10 Å². The summed E-state index contributed by atoms with van der Waals surface area (Å²) in [6.45, 7) is 6.54. The van der Waals surface area contributed by atoms with Crippen LogP contribution in [0.4, 0.5) is 10.6 Å². The number of nitrogens with two attached hydrogens (primary N) is 1. The van der Waals surface area contributed by atoms with Gasteiger partial charge < -0.3 is 20.5 Å². The summed E-state index contributed by atoms with van der Waals surface area (Å²) in [6.07, 6.45) is 2.25. The highest BCUT2D eigenvalue weighted by Gasteiger charge is 2.29. The van der Waals surface area contributed by atoms with E-state index in [2.05, 4.69) is 5.10 Å². The summed E-state index contributed by atoms with van der Waals surface area (Å²) < 4.78 is 6.88. The first kappa shape index (κ1) is 16.1. The van der Waals surface area contributed by atoms with Gasteiger partial charge in [0.2, 0.25) is 0 Å². The van der Waals surface area contributed by atoms with Crippen molar-refractivity contribution in [1.82, 2.24) is 14.7 Å². The van der Waals surface area contributed by atoms with Crippen molar-refractivity contribution in [2.24, 2.45) is 0 Å². The second-order valence-corrected chi connectivity index (χ2v) is 6.39. The van der Waals surface area contributed by atoms with E-state index in [0.717, 1.165) is 0 Å². The average molecular weight is 310 g/mol. The molecule has 1 saturated heterocycles. The van der Waals surface area contributed by atoms with E-state index in [1.165, 1.54) is 10.9 Å². The second-order valence-electron chi connectivity index (χ2n) is 6.39. The topological polar surface area (TPSA) is 111 Å². The molecule has 0 bridgehead atoms. The van der Waals surface area contributed by atoms with E-state index in [1.807, 2.05) is 20.8 Å². The number of anilines is 1. The fourth-order valence-electron chi connectivity index (χ4n) is 2.45. The van der Waals surface area contributed by atoms with Crippen molar-refractivity contribution in [3.8, 4) is 0 Å². The van der Waals surface area contributed by atoms with Crippen molar-refractivity contribution < 1.29 is 19.4 Å². The number of aromatic carboxylic acids is 1. The highest BCUT2D eigenvalue weighted by Crippen LogP contribution is 2.26. The summed E-state index contributed by atoms with van der Waals surface area (Å²) in [4.78, 5) is 24.6. The smallest absolute Gasteiger partial charge is 0.410 e. The lowest BCUT2D eigenvalue weighted by Gasteiger charge is -2.33. The molecule has 1 amide bonds. The average Bonchev–Trinajstić information content (AvgIpc) is 2.79. The van der Waals surface area contributed by atoms with Gasteiger partial charge >= 0.3 is 12.1 Å². The SMILES string of the molecule is CC(C)(C)OC(=O)N1CCC(n2ncc(C(=O)O)c2N)CC1. The summed E-state index contributed by atoms with van der Waals surface area (Å²) in [5.41, 5.74) is 5.32. The van der Waals surface area contributed by atoms with Gasteiger partial charge in [-0.3, -0.25) is 0 Å². The maximum atomic E-state index is 12.0. The third-order valence-electron chi connectivity index (χ3n) is 3.53. The lowest BCUT2D eigenvalue weighted by Crippen LogP contribution is -2.42. The largest absolute Gasteiger partial charge is 0.477 e. The van der Waals surface area contributed by atoms with Crippen LogP contribution in [-0.4, -0.2) is 50.5 Å². The minimum atomic E-state index is -1.09. The lowest BCUT2D eigenvalue weighted by atomic mass is 10.1. The highest BCUT2D eigenvalue weighted by molar-refractivity contribution is 5.92. The number of aromatic nitrogens is 2. The Balaban J connectivity index is 1.98. The van der Waals surface area contributed by atoms with Crippen LogP contribution in [0.5, 0.6) is 0 Å². The van der Waals surface area contributed by atoms with Gasteiger partial charge in [0.1, 0.15) is 17.0 Å². The van der Waals surface area contributed by atoms with Crippen LogP contribution in [0.1, 0.15) is 50.0 Å². The standard InChI is InChI=1S/C14H22N4O4/c1-14(2,3)22-13(21)17-6-4-9(5-7-17)18-11(15)10(8-16-18)12(19)20/h8-9H,4-7,15H2,1-3H3,(H,19,20). The van der Waals surface area contributed by atoms with Gasteiger partial charge in [-0.25, -0.2) is 14.3 Å². The number of rotatable bonds is 2. The Bertz CT molecular complexity index is 568. The number of amides is 1. The van der Waals surface area contributed by atoms with Crippen molar-refractivity contribution in [2.75, 3.05) is 18.8 Å². The number of carboxylic acids is 1. The molecule has 1 aromatic heterocycles. The van der Waals surface area contributed by atoms with E-state index in [4.69, 9.17) is 15.6 Å². The number of piperidine rings is 1. The molecule has 3 N–H and O–H groups in total. The molecular weight excluding hydrogens is 288 g/mol. The van der Waals surface area contributed by atoms with Crippen LogP contribution >= 0.6 is 0 Å². The number of likely N-dealkylation sites (tertiary alicyclic amines) is 1. The van der Waals surface area contributed by atoms with Gasteiger partial charge in [0, 0.05) is 13.1 Å². The van der Waals surface area contributed by atoms with Gasteiger partial charge in [0.15, 0.2) is 0 Å². The molecule has 0 atom stereocenters. The number of hydrogen-bond acceptors (Lipinski definition) is 5. The molecule has 1 aliphatic rings. The second kappa shape index (κ2) is 5.86. The number of nitrogen functional groups attached to an aromatic ring is 1. The van der Waals surface area contributed by atoms with Crippen molar-refractivity contribution in [1.29, 1.82) is 0 Å². The van der Waals surface area contributed by atoms with Crippen molar-refractivity contribution in [3.05, 3.63) is 11.8 Å². The Morgan fingerprint density at radius 2 is 1.95 bits per heavy atom. The zero-order valence-corrected chi connectivity index (χ0v) is 13.1. The fourth-order valence-corrected chi connectivity index (χ4v) is 2.45. The summed E-state index contributed by atoms with van der Waals surface area (Å²) in [5, 5.41) is 13.1. The number of nitrogens with zero attached hydrogens (tertiary/aromatic N) is 3. The first-order valence-electron chi connectivity index (χ1n) is 7.23. The molecule has 8 heteroatoms. The molecule has 0 unspecified atom stereocenters. The maximum absolute atomic E-state index is 12.0. The molecular formula is C14H22N4O4. The quantitative estimate of drug-likeness (QED) is 0.860. The molecule has 2 rings (SSSR count). The first-order valence-corrected chi connectivity index (χ1v) is 7.23. The fraction of sp³-hybridized carbons (Fsp3) is 0.643. The third-order valence-corrected chi connectivity index (χ3v) is 3.53. The third kappa shape index (κ3) is 3.49. The lowest BCUT2D eigenvalue weighted by molar-refractivity contribution is 0.0185. The predicted molar refractivity (Wildman–Crippen MR) is 79.7 cm³/mol. The van der Waals surface area contributed by atoms with Gasteiger partial charge in [-0.1, -0.05) is 0 Å². The van der Waals surface area contributed by atoms with Gasteiger partial charge in [0.25, 0.3) is 0 Å². The van der Waals surface area contributed by atoms with E-state index in [0.29, 0.717) is 25.9 Å². The molecule has 8 nitrogen and oxygen atoms in total. The van der Waals surface area contributed by atoms with Crippen molar-refractivity contribution in [2.45, 2.75) is 45.3 Å². The Morgan fingerprint density at radius 1 is 1.36 bits per heavy atom. The van der Waals surface area contributed by atoms with Gasteiger partial charge in [-0.05, 0) is 33.6 Å². The van der Waals surface area contributed by atoms with E-state index in [9.17, 15) is 9.59 Å². The highest BCUT2D eigenvalue weighted by atomic mass is 16.6. The molecule has 1 fully saturated rings. The molecule has 0 spiro atoms. The molecule has 0 radical (unpaired) electrons. The summed E-state index contributed by atoms with van der Waals surface area (Å²) in [6, 6.07) is -0.00760. The van der Waals surface area contributed by atoms with E-state index in [1.54, 1.807) is 4.90 Å². The van der Waals surface area contributed by atoms with Crippen LogP contribution in [0.2, 0.25) is 0 Å². The zero-order chi connectivity index (χ0) is 16.5. The minimum absolute atomic E-state index is 0.00760. The summed E-state index contributed by atoms with van der Waals surface area (Å²) >= 11 is 0. The van der Waals surface area contributed by atoms with Crippen LogP contribution < -0.4 is 5.73 Å². The summed E-state index contributed by atoms with van der Waals surface area (Å²) in [7, 11) is 0. The molecule has 0 saturated carbocycles. The Labute approximate surface area is 128 Å². The Morgan fingerprint density at radius 3 is 2.41 bits per heavy atom. The molecule has 122 valence electrons. The molecule has 2 heterocycles. The van der Waals surface area contributed by atoms with Crippen LogP contribution in [-0.2, 0) is 4.74 Å². The molecule has 1 aliphatic heterocycles. The summed E-state index contributed by atoms with van der Waals surface area (Å²) in [5.74, 6) is -0.932. The van der Waals surface area contributed by atoms with Gasteiger partial charge in [0.05, 0.1) is 12.2 Å². The molecule has 0 aliphatic carbocycles. The number of hydrogen-bond donors (Lipinski definition) is 2. The van der Waals surface area contributed by atoms with Crippen LogP contribution in [0, 0.1) is 0 Å². The number of carbonyl (C=O) groups excluding carboxylic acids is 1. The maximum Gasteiger partial charge on any atom is 0.410 e. The normalized spacial score (nSPS) is 16.6. The predicted octanol–water partition coefficient (Wildman–Crippen LogP) is 1.74.